The molecule has 2 aromatic carbocycles. The molecule has 7 nitrogen and oxygen atoms in total. The van der Waals surface area contributed by atoms with Crippen molar-refractivity contribution in [1.82, 2.24) is 16.2 Å². The van der Waals surface area contributed by atoms with Crippen LogP contribution in [0.5, 0.6) is 0 Å². The first-order chi connectivity index (χ1) is 12.9. The molecule has 10 heteroatoms. The topological polar surface area (TPSA) is 99.3 Å². The van der Waals surface area contributed by atoms with Crippen molar-refractivity contribution in [2.45, 2.75) is 4.90 Å². The summed E-state index contributed by atoms with van der Waals surface area (Å²) in [4.78, 5) is 35.8. The maximum absolute atomic E-state index is 11.8. The number of halogens is 2. The van der Waals surface area contributed by atoms with Gasteiger partial charge in [0.15, 0.2) is 0 Å². The summed E-state index contributed by atoms with van der Waals surface area (Å²) in [6, 6.07) is 13.2. The number of carbonyl (C=O) groups is 3. The number of rotatable bonds is 6. The van der Waals surface area contributed by atoms with Gasteiger partial charge in [0.25, 0.3) is 5.91 Å². The van der Waals surface area contributed by atoms with Crippen LogP contribution in [0.1, 0.15) is 0 Å². The highest BCUT2D eigenvalue weighted by atomic mass is 35.5. The molecule has 0 aliphatic heterocycles. The summed E-state index contributed by atoms with van der Waals surface area (Å²) in [5.74, 6) is -0.974. The fraction of sp³-hybridized carbons (Fsp3) is 0.118. The van der Waals surface area contributed by atoms with Gasteiger partial charge < -0.3 is 10.6 Å². The fourth-order valence-corrected chi connectivity index (χ4v) is 3.10. The first-order valence-electron chi connectivity index (χ1n) is 7.69. The molecule has 4 amide bonds. The van der Waals surface area contributed by atoms with Gasteiger partial charge in [-0.15, -0.1) is 11.8 Å². The third kappa shape index (κ3) is 7.78. The smallest absolute Gasteiger partial charge is 0.319 e. The van der Waals surface area contributed by atoms with Crippen LogP contribution in [0.3, 0.4) is 0 Å². The Labute approximate surface area is 170 Å². The Morgan fingerprint density at radius 3 is 2.37 bits per heavy atom. The highest BCUT2D eigenvalue weighted by molar-refractivity contribution is 8.00. The fourth-order valence-electron chi connectivity index (χ4n) is 1.81. The molecule has 2 aromatic rings. The van der Waals surface area contributed by atoms with Crippen LogP contribution in [0, 0.1) is 0 Å². The third-order valence-corrected chi connectivity index (χ3v) is 4.77. The van der Waals surface area contributed by atoms with Crippen molar-refractivity contribution < 1.29 is 14.4 Å². The van der Waals surface area contributed by atoms with Crippen molar-refractivity contribution in [3.8, 4) is 0 Å². The van der Waals surface area contributed by atoms with E-state index in [2.05, 4.69) is 21.5 Å². The van der Waals surface area contributed by atoms with Crippen LogP contribution in [-0.2, 0) is 9.59 Å². The van der Waals surface area contributed by atoms with Crippen LogP contribution in [0.15, 0.2) is 53.4 Å². The second kappa shape index (κ2) is 10.7. The Kier molecular flexibility index (Phi) is 8.25. The number of hydrazine groups is 1. The number of hydrogen-bond donors (Lipinski definition) is 4. The SMILES string of the molecule is O=C(CNC(=O)Nc1ccccc1)NNC(=O)CSc1cc(Cl)ccc1Cl. The monoisotopic (exact) mass is 426 g/mol. The molecule has 0 aliphatic rings. The molecule has 0 saturated carbocycles. The minimum atomic E-state index is -0.572. The number of carbonyl (C=O) groups excluding carboxylic acids is 3. The number of nitrogens with one attached hydrogen (secondary N) is 4. The highest BCUT2D eigenvalue weighted by Crippen LogP contribution is 2.29. The van der Waals surface area contributed by atoms with Crippen molar-refractivity contribution >= 4 is 58.5 Å². The normalized spacial score (nSPS) is 10.0. The number of amides is 4. The molecule has 4 N–H and O–H groups in total. The summed E-state index contributed by atoms with van der Waals surface area (Å²) in [6.45, 7) is -0.299. The zero-order valence-electron chi connectivity index (χ0n) is 13.9. The molecule has 0 fully saturated rings. The second-order valence-electron chi connectivity index (χ2n) is 5.13. The molecule has 0 bridgehead atoms. The lowest BCUT2D eigenvalue weighted by atomic mass is 10.3. The van der Waals surface area contributed by atoms with Gasteiger partial charge in [0.2, 0.25) is 5.91 Å². The average Bonchev–Trinajstić information content (AvgIpc) is 2.66. The number of para-hydroxylation sites is 1. The van der Waals surface area contributed by atoms with E-state index in [0.717, 1.165) is 0 Å². The lowest BCUT2D eigenvalue weighted by Crippen LogP contribution is -2.47. The Morgan fingerprint density at radius 1 is 0.926 bits per heavy atom. The van der Waals surface area contributed by atoms with E-state index < -0.39 is 17.8 Å². The minimum absolute atomic E-state index is 0.0300. The van der Waals surface area contributed by atoms with Crippen LogP contribution < -0.4 is 21.5 Å². The summed E-state index contributed by atoms with van der Waals surface area (Å²) >= 11 is 13.1. The van der Waals surface area contributed by atoms with Gasteiger partial charge in [-0.05, 0) is 30.3 Å². The van der Waals surface area contributed by atoms with Crippen molar-refractivity contribution in [3.63, 3.8) is 0 Å². The van der Waals surface area contributed by atoms with E-state index in [9.17, 15) is 14.4 Å². The summed E-state index contributed by atoms with van der Waals surface area (Å²) in [5.41, 5.74) is 5.06. The van der Waals surface area contributed by atoms with Crippen LogP contribution in [0.2, 0.25) is 10.0 Å². The predicted molar refractivity (Wildman–Crippen MR) is 107 cm³/mol. The van der Waals surface area contributed by atoms with Gasteiger partial charge in [0.1, 0.15) is 6.54 Å². The number of hydrogen-bond acceptors (Lipinski definition) is 4. The molecular weight excluding hydrogens is 411 g/mol. The molecule has 0 aromatic heterocycles. The van der Waals surface area contributed by atoms with Crippen molar-refractivity contribution in [2.24, 2.45) is 0 Å². The average molecular weight is 427 g/mol. The molecule has 0 saturated heterocycles. The van der Waals surface area contributed by atoms with Gasteiger partial charge in [-0.2, -0.15) is 0 Å². The molecule has 0 radical (unpaired) electrons. The van der Waals surface area contributed by atoms with Crippen molar-refractivity contribution in [1.29, 1.82) is 0 Å². The van der Waals surface area contributed by atoms with E-state index >= 15 is 0 Å². The molecule has 0 atom stereocenters. The summed E-state index contributed by atoms with van der Waals surface area (Å²) in [7, 11) is 0. The van der Waals surface area contributed by atoms with E-state index in [-0.39, 0.29) is 12.3 Å². The third-order valence-electron chi connectivity index (χ3n) is 3.03. The number of benzene rings is 2. The zero-order valence-corrected chi connectivity index (χ0v) is 16.3. The minimum Gasteiger partial charge on any atom is -0.329 e. The Morgan fingerprint density at radius 2 is 1.63 bits per heavy atom. The van der Waals surface area contributed by atoms with Crippen LogP contribution >= 0.6 is 35.0 Å². The second-order valence-corrected chi connectivity index (χ2v) is 6.99. The van der Waals surface area contributed by atoms with Gasteiger partial charge in [-0.1, -0.05) is 41.4 Å². The maximum Gasteiger partial charge on any atom is 0.319 e. The van der Waals surface area contributed by atoms with Crippen molar-refractivity contribution in [2.75, 3.05) is 17.6 Å². The Hall–Kier alpha value is -2.42. The first kappa shape index (κ1) is 20.9. The zero-order chi connectivity index (χ0) is 19.6. The predicted octanol–water partition coefficient (Wildman–Crippen LogP) is 3.05. The van der Waals surface area contributed by atoms with Gasteiger partial charge >= 0.3 is 6.03 Å². The van der Waals surface area contributed by atoms with Gasteiger partial charge in [-0.25, -0.2) is 4.79 Å². The summed E-state index contributed by atoms with van der Waals surface area (Å²) in [6.07, 6.45) is 0. The molecule has 0 spiro atoms. The quantitative estimate of drug-likeness (QED) is 0.421. The van der Waals surface area contributed by atoms with Crippen LogP contribution in [-0.4, -0.2) is 30.1 Å². The number of thioether (sulfide) groups is 1. The number of anilines is 1. The van der Waals surface area contributed by atoms with E-state index in [1.54, 1.807) is 42.5 Å². The summed E-state index contributed by atoms with van der Waals surface area (Å²) in [5, 5.41) is 5.93. The Bertz CT molecular complexity index is 821. The van der Waals surface area contributed by atoms with E-state index in [4.69, 9.17) is 23.2 Å². The molecule has 27 heavy (non-hydrogen) atoms. The van der Waals surface area contributed by atoms with Crippen LogP contribution in [0.25, 0.3) is 0 Å². The molecule has 0 unspecified atom stereocenters. The molecule has 0 aliphatic carbocycles. The molecule has 2 rings (SSSR count). The highest BCUT2D eigenvalue weighted by Gasteiger charge is 2.09. The lowest BCUT2D eigenvalue weighted by Gasteiger charge is -2.09. The van der Waals surface area contributed by atoms with E-state index in [0.29, 0.717) is 20.6 Å². The molecule has 0 heterocycles. The Balaban J connectivity index is 1.65. The molecule has 142 valence electrons. The van der Waals surface area contributed by atoms with E-state index in [1.807, 2.05) is 6.07 Å². The maximum atomic E-state index is 11.8. The van der Waals surface area contributed by atoms with Gasteiger partial charge in [-0.3, -0.25) is 20.4 Å². The van der Waals surface area contributed by atoms with Crippen LogP contribution in [0.4, 0.5) is 10.5 Å². The first-order valence-corrected chi connectivity index (χ1v) is 9.43. The lowest BCUT2D eigenvalue weighted by molar-refractivity contribution is -0.127. The van der Waals surface area contributed by atoms with Gasteiger partial charge in [0, 0.05) is 15.6 Å². The standard InChI is InChI=1S/C17H16Cl2N4O3S/c18-11-6-7-13(19)14(8-11)27-10-16(25)23-22-15(24)9-20-17(26)21-12-4-2-1-3-5-12/h1-8H,9-10H2,(H,22,24)(H,23,25)(H2,20,21,26). The van der Waals surface area contributed by atoms with Crippen molar-refractivity contribution in [3.05, 3.63) is 58.6 Å². The molecular formula is C17H16Cl2N4O3S. The van der Waals surface area contributed by atoms with Gasteiger partial charge in [0.05, 0.1) is 10.8 Å². The largest absolute Gasteiger partial charge is 0.329 e. The number of urea groups is 1. The summed E-state index contributed by atoms with van der Waals surface area (Å²) < 4.78 is 0. The van der Waals surface area contributed by atoms with E-state index in [1.165, 1.54) is 11.8 Å².